The predicted octanol–water partition coefficient (Wildman–Crippen LogP) is 1.69. The number of amides is 3. The highest BCUT2D eigenvalue weighted by Gasteiger charge is 2.47. The van der Waals surface area contributed by atoms with Crippen LogP contribution in [0.1, 0.15) is 26.7 Å². The summed E-state index contributed by atoms with van der Waals surface area (Å²) in [5.41, 5.74) is 1.54. The van der Waals surface area contributed by atoms with Crippen molar-refractivity contribution in [2.75, 3.05) is 23.3 Å². The highest BCUT2D eigenvalue weighted by molar-refractivity contribution is 6.07. The second-order valence-corrected chi connectivity index (χ2v) is 6.29. The molecule has 6 heteroatoms. The smallest absolute Gasteiger partial charge is 0.322 e. The quantitative estimate of drug-likeness (QED) is 0.743. The zero-order valence-corrected chi connectivity index (χ0v) is 13.0. The summed E-state index contributed by atoms with van der Waals surface area (Å²) < 4.78 is 0. The average molecular weight is 302 g/mol. The van der Waals surface area contributed by atoms with Crippen molar-refractivity contribution < 1.29 is 9.59 Å². The number of nitrogens with zero attached hydrogens (tertiary/aromatic N) is 1. The molecule has 0 unspecified atom stereocenters. The Bertz CT molecular complexity index is 592. The van der Waals surface area contributed by atoms with E-state index in [4.69, 9.17) is 0 Å². The van der Waals surface area contributed by atoms with Crippen molar-refractivity contribution in [3.8, 4) is 0 Å². The Balaban J connectivity index is 1.74. The maximum Gasteiger partial charge on any atom is 0.322 e. The molecule has 0 aromatic heterocycles. The molecule has 0 saturated carbocycles. The Morgan fingerprint density at radius 2 is 1.86 bits per heavy atom. The Hall–Kier alpha value is -2.24. The molecule has 3 rings (SSSR count). The summed E-state index contributed by atoms with van der Waals surface area (Å²) >= 11 is 0. The number of anilines is 2. The lowest BCUT2D eigenvalue weighted by atomic mass is 9.87. The third kappa shape index (κ3) is 2.61. The van der Waals surface area contributed by atoms with E-state index in [1.165, 1.54) is 0 Å². The van der Waals surface area contributed by atoms with E-state index >= 15 is 0 Å². The minimum Gasteiger partial charge on any atom is -0.381 e. The molecular formula is C16H22N4O2. The van der Waals surface area contributed by atoms with Crippen molar-refractivity contribution in [2.24, 2.45) is 0 Å². The van der Waals surface area contributed by atoms with Crippen LogP contribution in [0.3, 0.4) is 0 Å². The summed E-state index contributed by atoms with van der Waals surface area (Å²) in [5.74, 6) is -0.189. The van der Waals surface area contributed by atoms with Crippen LogP contribution in [0.5, 0.6) is 0 Å². The normalized spacial score (nSPS) is 20.2. The molecule has 0 bridgehead atoms. The largest absolute Gasteiger partial charge is 0.381 e. The molecule has 2 aliphatic heterocycles. The van der Waals surface area contributed by atoms with Gasteiger partial charge in [0.05, 0.1) is 11.4 Å². The van der Waals surface area contributed by atoms with Gasteiger partial charge in [-0.3, -0.25) is 10.1 Å². The number of carbonyl (C=O) groups is 2. The van der Waals surface area contributed by atoms with Crippen LogP contribution in [-0.4, -0.2) is 36.6 Å². The maximum atomic E-state index is 12.0. The summed E-state index contributed by atoms with van der Waals surface area (Å²) in [6, 6.07) is 8.19. The summed E-state index contributed by atoms with van der Waals surface area (Å²) in [7, 11) is 0. The number of urea groups is 1. The topological polar surface area (TPSA) is 73.5 Å². The standard InChI is InChI=1S/C16H22N4O2/c1-11(2)17-12-5-3-4-6-13(12)20-9-7-16(8-10-20)14(21)18-15(22)19-16/h3-6,11,17H,7-10H2,1-2H3,(H2,18,19,21,22). The Morgan fingerprint density at radius 3 is 2.45 bits per heavy atom. The van der Waals surface area contributed by atoms with Crippen molar-refractivity contribution in [3.63, 3.8) is 0 Å². The number of benzene rings is 1. The van der Waals surface area contributed by atoms with Crippen molar-refractivity contribution in [1.82, 2.24) is 10.6 Å². The fourth-order valence-electron chi connectivity index (χ4n) is 3.19. The third-order valence-corrected chi connectivity index (χ3v) is 4.32. The first kappa shape index (κ1) is 14.7. The van der Waals surface area contributed by atoms with Gasteiger partial charge in [-0.2, -0.15) is 0 Å². The van der Waals surface area contributed by atoms with Gasteiger partial charge in [-0.15, -0.1) is 0 Å². The number of nitrogens with one attached hydrogen (secondary N) is 3. The molecule has 0 atom stereocenters. The highest BCUT2D eigenvalue weighted by atomic mass is 16.2. The van der Waals surface area contributed by atoms with Gasteiger partial charge >= 0.3 is 6.03 Å². The summed E-state index contributed by atoms with van der Waals surface area (Å²) in [4.78, 5) is 25.7. The lowest BCUT2D eigenvalue weighted by Crippen LogP contribution is -2.55. The molecular weight excluding hydrogens is 280 g/mol. The van der Waals surface area contributed by atoms with Gasteiger partial charge in [-0.05, 0) is 38.8 Å². The van der Waals surface area contributed by atoms with E-state index in [1.54, 1.807) is 0 Å². The fourth-order valence-corrected chi connectivity index (χ4v) is 3.19. The van der Waals surface area contributed by atoms with E-state index in [-0.39, 0.29) is 11.9 Å². The van der Waals surface area contributed by atoms with Gasteiger partial charge in [0, 0.05) is 19.1 Å². The lowest BCUT2D eigenvalue weighted by Gasteiger charge is -2.39. The van der Waals surface area contributed by atoms with Crippen LogP contribution in [0.25, 0.3) is 0 Å². The van der Waals surface area contributed by atoms with Crippen LogP contribution in [0, 0.1) is 0 Å². The fraction of sp³-hybridized carbons (Fsp3) is 0.500. The summed E-state index contributed by atoms with van der Waals surface area (Å²) in [6.07, 6.45) is 1.25. The van der Waals surface area contributed by atoms with Crippen LogP contribution in [0.2, 0.25) is 0 Å². The van der Waals surface area contributed by atoms with Gasteiger partial charge in [0.1, 0.15) is 5.54 Å². The number of imide groups is 1. The molecule has 0 aliphatic carbocycles. The molecule has 2 saturated heterocycles. The molecule has 2 aliphatic rings. The first-order valence-electron chi connectivity index (χ1n) is 7.74. The Morgan fingerprint density at radius 1 is 1.18 bits per heavy atom. The highest BCUT2D eigenvalue weighted by Crippen LogP contribution is 2.32. The van der Waals surface area contributed by atoms with Crippen LogP contribution in [0.4, 0.5) is 16.2 Å². The summed E-state index contributed by atoms with van der Waals surface area (Å²) in [5, 5.41) is 8.60. The van der Waals surface area contributed by atoms with Crippen LogP contribution in [-0.2, 0) is 4.79 Å². The van der Waals surface area contributed by atoms with E-state index in [0.717, 1.165) is 24.5 Å². The predicted molar refractivity (Wildman–Crippen MR) is 86.1 cm³/mol. The molecule has 1 aromatic carbocycles. The van der Waals surface area contributed by atoms with Crippen molar-refractivity contribution in [1.29, 1.82) is 0 Å². The van der Waals surface area contributed by atoms with E-state index in [1.807, 2.05) is 12.1 Å². The van der Waals surface area contributed by atoms with Gasteiger partial charge in [0.2, 0.25) is 0 Å². The molecule has 3 amide bonds. The molecule has 1 aromatic rings. The van der Waals surface area contributed by atoms with Crippen LogP contribution >= 0.6 is 0 Å². The number of piperidine rings is 1. The number of hydrogen-bond donors (Lipinski definition) is 3. The number of hydrogen-bond acceptors (Lipinski definition) is 4. The molecule has 0 radical (unpaired) electrons. The third-order valence-electron chi connectivity index (χ3n) is 4.32. The molecule has 118 valence electrons. The van der Waals surface area contributed by atoms with Crippen LogP contribution < -0.4 is 20.9 Å². The Labute approximate surface area is 130 Å². The minimum atomic E-state index is -0.714. The minimum absolute atomic E-state index is 0.189. The maximum absolute atomic E-state index is 12.0. The first-order valence-corrected chi connectivity index (χ1v) is 7.74. The first-order chi connectivity index (χ1) is 10.5. The molecule has 1 spiro atoms. The van der Waals surface area contributed by atoms with Crippen molar-refractivity contribution in [3.05, 3.63) is 24.3 Å². The Kier molecular flexibility index (Phi) is 3.68. The van der Waals surface area contributed by atoms with Crippen LogP contribution in [0.15, 0.2) is 24.3 Å². The van der Waals surface area contributed by atoms with Gasteiger partial charge in [-0.1, -0.05) is 12.1 Å². The second-order valence-electron chi connectivity index (χ2n) is 6.29. The second kappa shape index (κ2) is 5.51. The number of carbonyl (C=O) groups excluding carboxylic acids is 2. The molecule has 3 N–H and O–H groups in total. The molecule has 22 heavy (non-hydrogen) atoms. The van der Waals surface area contributed by atoms with Gasteiger partial charge in [0.25, 0.3) is 5.91 Å². The average Bonchev–Trinajstić information content (AvgIpc) is 2.74. The van der Waals surface area contributed by atoms with E-state index in [0.29, 0.717) is 18.9 Å². The van der Waals surface area contributed by atoms with Gasteiger partial charge in [0.15, 0.2) is 0 Å². The zero-order valence-electron chi connectivity index (χ0n) is 13.0. The van der Waals surface area contributed by atoms with E-state index in [9.17, 15) is 9.59 Å². The van der Waals surface area contributed by atoms with Crippen molar-refractivity contribution in [2.45, 2.75) is 38.3 Å². The van der Waals surface area contributed by atoms with Gasteiger partial charge in [-0.25, -0.2) is 4.79 Å². The molecule has 6 nitrogen and oxygen atoms in total. The number of para-hydroxylation sites is 2. The SMILES string of the molecule is CC(C)Nc1ccccc1N1CCC2(CC1)NC(=O)NC2=O. The van der Waals surface area contributed by atoms with E-state index < -0.39 is 5.54 Å². The van der Waals surface area contributed by atoms with E-state index in [2.05, 4.69) is 46.8 Å². The van der Waals surface area contributed by atoms with Gasteiger partial charge < -0.3 is 15.5 Å². The molecule has 2 fully saturated rings. The number of rotatable bonds is 3. The molecule has 2 heterocycles. The van der Waals surface area contributed by atoms with Crippen molar-refractivity contribution >= 4 is 23.3 Å². The zero-order chi connectivity index (χ0) is 15.7. The lowest BCUT2D eigenvalue weighted by molar-refractivity contribution is -0.124. The summed E-state index contributed by atoms with van der Waals surface area (Å²) in [6.45, 7) is 5.70. The monoisotopic (exact) mass is 302 g/mol.